The first kappa shape index (κ1) is 11.2. The second-order valence-electron chi connectivity index (χ2n) is 2.73. The Morgan fingerprint density at radius 3 is 2.67 bits per heavy atom. The standard InChI is InChI=1S/C9H16O3/c1-8(2)12-9(11)6-4-3-5-7-10/h3-4,8,10H,5-7H2,1-2H3/b4-3-. The topological polar surface area (TPSA) is 46.5 Å². The van der Waals surface area contributed by atoms with E-state index in [4.69, 9.17) is 9.84 Å². The van der Waals surface area contributed by atoms with Crippen LogP contribution in [-0.4, -0.2) is 23.8 Å². The molecule has 12 heavy (non-hydrogen) atoms. The van der Waals surface area contributed by atoms with Gasteiger partial charge in [-0.25, -0.2) is 0 Å². The molecule has 0 rings (SSSR count). The van der Waals surface area contributed by atoms with E-state index in [9.17, 15) is 4.79 Å². The third kappa shape index (κ3) is 7.28. The maximum atomic E-state index is 10.9. The first-order chi connectivity index (χ1) is 5.66. The predicted octanol–water partition coefficient (Wildman–Crippen LogP) is 1.27. The molecule has 0 saturated heterocycles. The van der Waals surface area contributed by atoms with E-state index in [0.29, 0.717) is 6.42 Å². The van der Waals surface area contributed by atoms with E-state index in [-0.39, 0.29) is 25.1 Å². The molecule has 0 amide bonds. The maximum Gasteiger partial charge on any atom is 0.309 e. The molecule has 0 saturated carbocycles. The van der Waals surface area contributed by atoms with Gasteiger partial charge >= 0.3 is 5.97 Å². The molecule has 0 fully saturated rings. The van der Waals surface area contributed by atoms with E-state index in [1.165, 1.54) is 0 Å². The van der Waals surface area contributed by atoms with Crippen LogP contribution < -0.4 is 0 Å². The molecule has 1 N–H and O–H groups in total. The number of esters is 1. The highest BCUT2D eigenvalue weighted by Crippen LogP contribution is 1.94. The number of hydrogen-bond donors (Lipinski definition) is 1. The normalized spacial score (nSPS) is 11.0. The summed E-state index contributed by atoms with van der Waals surface area (Å²) in [5.74, 6) is -0.223. The third-order valence-corrected chi connectivity index (χ3v) is 1.11. The van der Waals surface area contributed by atoms with Crippen LogP contribution in [0.5, 0.6) is 0 Å². The van der Waals surface area contributed by atoms with E-state index >= 15 is 0 Å². The van der Waals surface area contributed by atoms with Crippen LogP contribution in [0.4, 0.5) is 0 Å². The van der Waals surface area contributed by atoms with Gasteiger partial charge in [0.15, 0.2) is 0 Å². The predicted molar refractivity (Wildman–Crippen MR) is 46.7 cm³/mol. The molecule has 0 aromatic heterocycles. The molecule has 0 aliphatic rings. The first-order valence-electron chi connectivity index (χ1n) is 4.12. The summed E-state index contributed by atoms with van der Waals surface area (Å²) in [7, 11) is 0. The largest absolute Gasteiger partial charge is 0.463 e. The average molecular weight is 172 g/mol. The van der Waals surface area contributed by atoms with E-state index < -0.39 is 0 Å². The highest BCUT2D eigenvalue weighted by molar-refractivity contribution is 5.71. The van der Waals surface area contributed by atoms with Crippen LogP contribution in [0.3, 0.4) is 0 Å². The Balaban J connectivity index is 3.43. The van der Waals surface area contributed by atoms with Crippen molar-refractivity contribution in [2.45, 2.75) is 32.8 Å². The summed E-state index contributed by atoms with van der Waals surface area (Å²) in [4.78, 5) is 10.9. The molecular formula is C9H16O3. The third-order valence-electron chi connectivity index (χ3n) is 1.11. The number of carbonyl (C=O) groups is 1. The number of carbonyl (C=O) groups excluding carboxylic acids is 1. The van der Waals surface area contributed by atoms with Crippen molar-refractivity contribution in [2.24, 2.45) is 0 Å². The lowest BCUT2D eigenvalue weighted by Gasteiger charge is -2.05. The molecule has 0 aliphatic heterocycles. The second-order valence-corrected chi connectivity index (χ2v) is 2.73. The minimum atomic E-state index is -0.223. The summed E-state index contributed by atoms with van der Waals surface area (Å²) in [5, 5.41) is 8.41. The van der Waals surface area contributed by atoms with Crippen molar-refractivity contribution in [3.63, 3.8) is 0 Å². The van der Waals surface area contributed by atoms with Gasteiger partial charge in [-0.1, -0.05) is 12.2 Å². The number of rotatable bonds is 5. The van der Waals surface area contributed by atoms with Crippen LogP contribution in [0.15, 0.2) is 12.2 Å². The lowest BCUT2D eigenvalue weighted by atomic mass is 10.3. The molecule has 3 nitrogen and oxygen atoms in total. The molecule has 70 valence electrons. The Kier molecular flexibility index (Phi) is 6.38. The van der Waals surface area contributed by atoms with Gasteiger partial charge in [-0.3, -0.25) is 4.79 Å². The number of hydrogen-bond acceptors (Lipinski definition) is 3. The van der Waals surface area contributed by atoms with E-state index in [0.717, 1.165) is 0 Å². The molecule has 0 aliphatic carbocycles. The summed E-state index contributed by atoms with van der Waals surface area (Å²) >= 11 is 0. The second kappa shape index (κ2) is 6.85. The highest BCUT2D eigenvalue weighted by atomic mass is 16.5. The SMILES string of the molecule is CC(C)OC(=O)C/C=C\CCO. The number of aliphatic hydroxyl groups excluding tert-OH is 1. The fraction of sp³-hybridized carbons (Fsp3) is 0.667. The minimum Gasteiger partial charge on any atom is -0.463 e. The van der Waals surface area contributed by atoms with Gasteiger partial charge in [0, 0.05) is 6.61 Å². The van der Waals surface area contributed by atoms with Gasteiger partial charge in [0.1, 0.15) is 0 Å². The van der Waals surface area contributed by atoms with Crippen molar-refractivity contribution in [3.05, 3.63) is 12.2 Å². The Bertz CT molecular complexity index is 150. The van der Waals surface area contributed by atoms with Crippen LogP contribution in [0.25, 0.3) is 0 Å². The van der Waals surface area contributed by atoms with Gasteiger partial charge in [0.25, 0.3) is 0 Å². The van der Waals surface area contributed by atoms with Crippen LogP contribution in [0, 0.1) is 0 Å². The van der Waals surface area contributed by atoms with Gasteiger partial charge < -0.3 is 9.84 Å². The van der Waals surface area contributed by atoms with Gasteiger partial charge in [-0.2, -0.15) is 0 Å². The zero-order valence-corrected chi connectivity index (χ0v) is 7.62. The van der Waals surface area contributed by atoms with Gasteiger partial charge in [-0.05, 0) is 20.3 Å². The van der Waals surface area contributed by atoms with Crippen LogP contribution in [0.2, 0.25) is 0 Å². The molecule has 0 spiro atoms. The summed E-state index contributed by atoms with van der Waals surface area (Å²) in [5.41, 5.74) is 0. The molecule has 0 aromatic rings. The summed E-state index contributed by atoms with van der Waals surface area (Å²) in [6.45, 7) is 3.75. The Morgan fingerprint density at radius 2 is 2.17 bits per heavy atom. The Hall–Kier alpha value is -0.830. The van der Waals surface area contributed by atoms with Gasteiger partial charge in [0.2, 0.25) is 0 Å². The lowest BCUT2D eigenvalue weighted by molar-refractivity contribution is -0.146. The van der Waals surface area contributed by atoms with Crippen molar-refractivity contribution >= 4 is 5.97 Å². The van der Waals surface area contributed by atoms with Crippen molar-refractivity contribution in [2.75, 3.05) is 6.61 Å². The summed E-state index contributed by atoms with van der Waals surface area (Å²) in [6, 6.07) is 0. The molecule has 0 bridgehead atoms. The monoisotopic (exact) mass is 172 g/mol. The quantitative estimate of drug-likeness (QED) is 0.501. The van der Waals surface area contributed by atoms with Crippen molar-refractivity contribution in [1.82, 2.24) is 0 Å². The molecule has 3 heteroatoms. The number of ether oxygens (including phenoxy) is 1. The molecule has 0 aromatic carbocycles. The van der Waals surface area contributed by atoms with Crippen LogP contribution in [0.1, 0.15) is 26.7 Å². The molecule has 0 unspecified atom stereocenters. The first-order valence-corrected chi connectivity index (χ1v) is 4.12. The maximum absolute atomic E-state index is 10.9. The van der Waals surface area contributed by atoms with Crippen molar-refractivity contribution < 1.29 is 14.6 Å². The van der Waals surface area contributed by atoms with Crippen molar-refractivity contribution in [1.29, 1.82) is 0 Å². The average Bonchev–Trinajstić information content (AvgIpc) is 1.97. The Labute approximate surface area is 73.0 Å². The zero-order valence-electron chi connectivity index (χ0n) is 7.62. The van der Waals surface area contributed by atoms with E-state index in [1.54, 1.807) is 12.2 Å². The fourth-order valence-corrected chi connectivity index (χ4v) is 0.683. The van der Waals surface area contributed by atoms with Crippen LogP contribution in [-0.2, 0) is 9.53 Å². The summed E-state index contributed by atoms with van der Waals surface area (Å²) in [6.07, 6.45) is 4.30. The molecule has 0 heterocycles. The molecule has 0 radical (unpaired) electrons. The minimum absolute atomic E-state index is 0.0521. The molecular weight excluding hydrogens is 156 g/mol. The summed E-state index contributed by atoms with van der Waals surface area (Å²) < 4.78 is 4.88. The zero-order chi connectivity index (χ0) is 9.40. The van der Waals surface area contributed by atoms with E-state index in [2.05, 4.69) is 0 Å². The highest BCUT2D eigenvalue weighted by Gasteiger charge is 2.01. The van der Waals surface area contributed by atoms with Gasteiger partial charge in [-0.15, -0.1) is 0 Å². The molecule has 0 atom stereocenters. The Morgan fingerprint density at radius 1 is 1.50 bits per heavy atom. The van der Waals surface area contributed by atoms with Gasteiger partial charge in [0.05, 0.1) is 12.5 Å². The van der Waals surface area contributed by atoms with Crippen LogP contribution >= 0.6 is 0 Å². The lowest BCUT2D eigenvalue weighted by Crippen LogP contribution is -2.09. The number of aliphatic hydroxyl groups is 1. The van der Waals surface area contributed by atoms with Crippen molar-refractivity contribution in [3.8, 4) is 0 Å². The van der Waals surface area contributed by atoms with E-state index in [1.807, 2.05) is 13.8 Å². The fourth-order valence-electron chi connectivity index (χ4n) is 0.683. The smallest absolute Gasteiger partial charge is 0.309 e.